The highest BCUT2D eigenvalue weighted by atomic mass is 32.1. The summed E-state index contributed by atoms with van der Waals surface area (Å²) >= 11 is 1.08. The van der Waals surface area contributed by atoms with Gasteiger partial charge in [-0.2, -0.15) is 0 Å². The highest BCUT2D eigenvalue weighted by molar-refractivity contribution is 7.18. The van der Waals surface area contributed by atoms with Crippen LogP contribution in [-0.2, 0) is 9.53 Å². The molecule has 0 saturated carbocycles. The van der Waals surface area contributed by atoms with E-state index < -0.39 is 5.97 Å². The Hall–Kier alpha value is -1.89. The van der Waals surface area contributed by atoms with Crippen LogP contribution in [0, 0.1) is 6.92 Å². The number of amides is 2. The lowest BCUT2D eigenvalue weighted by Crippen LogP contribution is -2.24. The van der Waals surface area contributed by atoms with E-state index in [4.69, 9.17) is 4.74 Å². The lowest BCUT2D eigenvalue weighted by molar-refractivity contribution is -0.114. The molecule has 0 aliphatic heterocycles. The number of anilines is 1. The van der Waals surface area contributed by atoms with Gasteiger partial charge in [-0.15, -0.1) is 11.3 Å². The van der Waals surface area contributed by atoms with Gasteiger partial charge in [0.15, 0.2) is 0 Å². The number of unbranched alkanes of at least 4 members (excludes halogenated alkanes) is 1. The van der Waals surface area contributed by atoms with E-state index in [0.29, 0.717) is 22.0 Å². The maximum Gasteiger partial charge on any atom is 0.341 e. The first-order chi connectivity index (χ1) is 9.92. The van der Waals surface area contributed by atoms with Gasteiger partial charge in [0.2, 0.25) is 5.91 Å². The van der Waals surface area contributed by atoms with Crippen molar-refractivity contribution in [1.29, 1.82) is 0 Å². The van der Waals surface area contributed by atoms with Crippen molar-refractivity contribution in [3.05, 3.63) is 16.0 Å². The van der Waals surface area contributed by atoms with Gasteiger partial charge in [0.05, 0.1) is 17.6 Å². The quantitative estimate of drug-likeness (QED) is 0.623. The predicted octanol–water partition coefficient (Wildman–Crippen LogP) is 2.33. The summed E-state index contributed by atoms with van der Waals surface area (Å²) < 4.78 is 4.72. The largest absolute Gasteiger partial charge is 0.465 e. The molecule has 7 heteroatoms. The van der Waals surface area contributed by atoms with Crippen molar-refractivity contribution in [1.82, 2.24) is 5.32 Å². The van der Waals surface area contributed by atoms with Crippen molar-refractivity contribution in [3.63, 3.8) is 0 Å². The normalized spacial score (nSPS) is 10.1. The van der Waals surface area contributed by atoms with Gasteiger partial charge in [-0.25, -0.2) is 4.79 Å². The number of methoxy groups -OCH3 is 1. The van der Waals surface area contributed by atoms with E-state index in [0.717, 1.165) is 24.2 Å². The van der Waals surface area contributed by atoms with E-state index in [1.807, 2.05) is 6.92 Å². The van der Waals surface area contributed by atoms with Crippen LogP contribution in [0.25, 0.3) is 0 Å². The van der Waals surface area contributed by atoms with E-state index in [-0.39, 0.29) is 17.4 Å². The molecule has 0 spiro atoms. The molecule has 1 aromatic heterocycles. The predicted molar refractivity (Wildman–Crippen MR) is 81.9 cm³/mol. The topological polar surface area (TPSA) is 84.5 Å². The molecule has 2 amide bonds. The van der Waals surface area contributed by atoms with E-state index >= 15 is 0 Å². The van der Waals surface area contributed by atoms with Crippen molar-refractivity contribution in [3.8, 4) is 0 Å². The summed E-state index contributed by atoms with van der Waals surface area (Å²) in [4.78, 5) is 35.6. The second-order valence-electron chi connectivity index (χ2n) is 4.54. The van der Waals surface area contributed by atoms with Crippen molar-refractivity contribution >= 4 is 34.1 Å². The second kappa shape index (κ2) is 7.78. The first kappa shape index (κ1) is 17.2. The summed E-state index contributed by atoms with van der Waals surface area (Å²) in [5.74, 6) is -1.12. The van der Waals surface area contributed by atoms with Gasteiger partial charge in [-0.3, -0.25) is 9.59 Å². The van der Waals surface area contributed by atoms with Crippen LogP contribution in [0.5, 0.6) is 0 Å². The van der Waals surface area contributed by atoms with Crippen LogP contribution >= 0.6 is 11.3 Å². The Morgan fingerprint density at radius 1 is 1.29 bits per heavy atom. The molecule has 0 aliphatic rings. The lowest BCUT2D eigenvalue weighted by atomic mass is 10.1. The smallest absolute Gasteiger partial charge is 0.341 e. The molecule has 0 saturated heterocycles. The average Bonchev–Trinajstić information content (AvgIpc) is 2.74. The molecule has 0 bridgehead atoms. The number of nitrogens with one attached hydrogen (secondary N) is 2. The van der Waals surface area contributed by atoms with Crippen LogP contribution in [0.4, 0.5) is 5.00 Å². The lowest BCUT2D eigenvalue weighted by Gasteiger charge is -2.04. The number of esters is 1. The molecule has 1 heterocycles. The summed E-state index contributed by atoms with van der Waals surface area (Å²) in [6.07, 6.45) is 1.87. The van der Waals surface area contributed by atoms with Gasteiger partial charge in [0.25, 0.3) is 5.91 Å². The number of thiophene rings is 1. The zero-order chi connectivity index (χ0) is 16.0. The Labute approximate surface area is 127 Å². The van der Waals surface area contributed by atoms with Gasteiger partial charge < -0.3 is 15.4 Å². The Kier molecular flexibility index (Phi) is 6.36. The molecule has 116 valence electrons. The molecule has 6 nitrogen and oxygen atoms in total. The molecule has 0 radical (unpaired) electrons. The Morgan fingerprint density at radius 2 is 1.95 bits per heavy atom. The summed E-state index contributed by atoms with van der Waals surface area (Å²) in [7, 11) is 1.26. The Balaban J connectivity index is 3.10. The van der Waals surface area contributed by atoms with Crippen LogP contribution in [0.15, 0.2) is 0 Å². The molecule has 0 fully saturated rings. The molecule has 1 rings (SSSR count). The SMILES string of the molecule is CCCCNC(=O)c1sc(NC(C)=O)c(C(=O)OC)c1C. The van der Waals surface area contributed by atoms with E-state index in [1.165, 1.54) is 14.0 Å². The molecule has 21 heavy (non-hydrogen) atoms. The maximum absolute atomic E-state index is 12.1. The number of carbonyl (C=O) groups excluding carboxylic acids is 3. The molecular formula is C14H20N2O4S. The van der Waals surface area contributed by atoms with Gasteiger partial charge in [-0.1, -0.05) is 13.3 Å². The van der Waals surface area contributed by atoms with Crippen LogP contribution in [0.3, 0.4) is 0 Å². The third-order valence-electron chi connectivity index (χ3n) is 2.85. The number of hydrogen-bond acceptors (Lipinski definition) is 5. The van der Waals surface area contributed by atoms with Gasteiger partial charge in [-0.05, 0) is 18.9 Å². The summed E-state index contributed by atoms with van der Waals surface area (Å²) in [6.45, 7) is 5.63. The summed E-state index contributed by atoms with van der Waals surface area (Å²) in [6, 6.07) is 0. The summed E-state index contributed by atoms with van der Waals surface area (Å²) in [5, 5.41) is 5.71. The fraction of sp³-hybridized carbons (Fsp3) is 0.500. The van der Waals surface area contributed by atoms with E-state index in [9.17, 15) is 14.4 Å². The van der Waals surface area contributed by atoms with Crippen LogP contribution in [-0.4, -0.2) is 31.4 Å². The van der Waals surface area contributed by atoms with Crippen molar-refractivity contribution in [2.24, 2.45) is 0 Å². The van der Waals surface area contributed by atoms with Crippen molar-refractivity contribution < 1.29 is 19.1 Å². The Morgan fingerprint density at radius 3 is 2.48 bits per heavy atom. The maximum atomic E-state index is 12.1. The third kappa shape index (κ3) is 4.29. The molecule has 0 atom stereocenters. The number of hydrogen-bond donors (Lipinski definition) is 2. The average molecular weight is 312 g/mol. The van der Waals surface area contributed by atoms with E-state index in [1.54, 1.807) is 6.92 Å². The fourth-order valence-corrected chi connectivity index (χ4v) is 2.94. The van der Waals surface area contributed by atoms with Crippen molar-refractivity contribution in [2.45, 2.75) is 33.6 Å². The molecular weight excluding hydrogens is 292 g/mol. The van der Waals surface area contributed by atoms with E-state index in [2.05, 4.69) is 10.6 Å². The highest BCUT2D eigenvalue weighted by Gasteiger charge is 2.25. The molecule has 2 N–H and O–H groups in total. The first-order valence-electron chi connectivity index (χ1n) is 6.69. The molecule has 0 aliphatic carbocycles. The second-order valence-corrected chi connectivity index (χ2v) is 5.56. The highest BCUT2D eigenvalue weighted by Crippen LogP contribution is 2.33. The van der Waals surface area contributed by atoms with Gasteiger partial charge >= 0.3 is 5.97 Å². The van der Waals surface area contributed by atoms with Crippen LogP contribution < -0.4 is 10.6 Å². The summed E-state index contributed by atoms with van der Waals surface area (Å²) in [5.41, 5.74) is 0.753. The first-order valence-corrected chi connectivity index (χ1v) is 7.51. The number of carbonyl (C=O) groups is 3. The number of rotatable bonds is 6. The minimum atomic E-state index is -0.569. The zero-order valence-corrected chi connectivity index (χ0v) is 13.5. The molecule has 1 aromatic rings. The third-order valence-corrected chi connectivity index (χ3v) is 4.05. The fourth-order valence-electron chi connectivity index (χ4n) is 1.78. The van der Waals surface area contributed by atoms with Gasteiger partial charge in [0.1, 0.15) is 5.00 Å². The minimum absolute atomic E-state index is 0.235. The van der Waals surface area contributed by atoms with Crippen molar-refractivity contribution in [2.75, 3.05) is 19.0 Å². The monoisotopic (exact) mass is 312 g/mol. The minimum Gasteiger partial charge on any atom is -0.465 e. The van der Waals surface area contributed by atoms with Crippen LogP contribution in [0.1, 0.15) is 52.3 Å². The zero-order valence-electron chi connectivity index (χ0n) is 12.7. The Bertz CT molecular complexity index is 551. The van der Waals surface area contributed by atoms with Crippen LogP contribution in [0.2, 0.25) is 0 Å². The molecule has 0 unspecified atom stereocenters. The molecule has 0 aromatic carbocycles. The van der Waals surface area contributed by atoms with Gasteiger partial charge in [0, 0.05) is 13.5 Å². The standard InChI is InChI=1S/C14H20N2O4S/c1-5-6-7-15-12(18)11-8(2)10(14(19)20-4)13(21-11)16-9(3)17/h5-7H2,1-4H3,(H,15,18)(H,16,17). The number of ether oxygens (including phenoxy) is 1.